The smallest absolute Gasteiger partial charge is 0.451 e. The van der Waals surface area contributed by atoms with Crippen molar-refractivity contribution >= 4 is 5.97 Å². The zero-order valence-electron chi connectivity index (χ0n) is 7.12. The first-order valence-corrected chi connectivity index (χ1v) is 3.96. The summed E-state index contributed by atoms with van der Waals surface area (Å²) in [7, 11) is 0. The van der Waals surface area contributed by atoms with Crippen LogP contribution in [0.2, 0.25) is 0 Å². The maximum atomic E-state index is 10.5. The molecule has 0 unspecified atom stereocenters. The molecule has 3 nitrogen and oxygen atoms in total. The second kappa shape index (κ2) is 4.94. The van der Waals surface area contributed by atoms with E-state index < -0.39 is 5.97 Å². The summed E-state index contributed by atoms with van der Waals surface area (Å²) in [5.74, 6) is -0.712. The first-order chi connectivity index (χ1) is 6.33. The third kappa shape index (κ3) is 3.39. The van der Waals surface area contributed by atoms with Crippen molar-refractivity contribution < 1.29 is 14.8 Å². The molecule has 0 saturated carbocycles. The van der Waals surface area contributed by atoms with E-state index in [9.17, 15) is 4.79 Å². The molecular weight excluding hydrogens is 166 g/mol. The van der Waals surface area contributed by atoms with Crippen LogP contribution in [-0.4, -0.2) is 12.6 Å². The van der Waals surface area contributed by atoms with Crippen LogP contribution in [0.5, 0.6) is 0 Å². The summed E-state index contributed by atoms with van der Waals surface area (Å²) >= 11 is 0. The Bertz CT molecular complexity index is 313. The molecule has 0 aliphatic rings. The van der Waals surface area contributed by atoms with E-state index in [-0.39, 0.29) is 0 Å². The predicted molar refractivity (Wildman–Crippen MR) is 46.0 cm³/mol. The van der Waals surface area contributed by atoms with Crippen molar-refractivity contribution in [1.29, 1.82) is 0 Å². The lowest BCUT2D eigenvalue weighted by Gasteiger charge is -1.99. The Morgan fingerprint density at radius 3 is 2.69 bits per heavy atom. The van der Waals surface area contributed by atoms with E-state index in [2.05, 4.69) is 4.74 Å². The van der Waals surface area contributed by atoms with Gasteiger partial charge in [-0.05, 0) is 5.56 Å². The Morgan fingerprint density at radius 1 is 1.38 bits per heavy atom. The quantitative estimate of drug-likeness (QED) is 0.500. The number of rotatable bonds is 3. The minimum absolute atomic E-state index is 0.300. The molecule has 1 aromatic carbocycles. The lowest BCUT2D eigenvalue weighted by Crippen LogP contribution is -2.22. The maximum absolute atomic E-state index is 10.5. The molecule has 1 aromatic rings. The molecule has 0 amide bonds. The molecule has 0 radical (unpaired) electrons. The first-order valence-electron chi connectivity index (χ1n) is 3.96. The Kier molecular flexibility index (Phi) is 3.52. The van der Waals surface area contributed by atoms with Crippen LogP contribution in [0.25, 0.3) is 0 Å². The van der Waals surface area contributed by atoms with Crippen LogP contribution in [0.1, 0.15) is 5.56 Å². The SMILES string of the molecule is [NH+]#CC(=O)OCCc1ccccc1. The van der Waals surface area contributed by atoms with Crippen LogP contribution >= 0.6 is 0 Å². The molecule has 0 spiro atoms. The van der Waals surface area contributed by atoms with Crippen molar-refractivity contribution in [3.8, 4) is 6.07 Å². The minimum atomic E-state index is -0.712. The Balaban J connectivity index is 2.29. The molecule has 0 aliphatic carbocycles. The van der Waals surface area contributed by atoms with Gasteiger partial charge in [0.25, 0.3) is 0 Å². The molecule has 0 bridgehead atoms. The normalized spacial score (nSPS) is 8.85. The van der Waals surface area contributed by atoms with Gasteiger partial charge in [-0.3, -0.25) is 0 Å². The number of esters is 1. The van der Waals surface area contributed by atoms with E-state index in [1.54, 1.807) is 6.07 Å². The monoisotopic (exact) mass is 176 g/mol. The van der Waals surface area contributed by atoms with Crippen LogP contribution in [0, 0.1) is 6.07 Å². The van der Waals surface area contributed by atoms with Gasteiger partial charge in [-0.25, -0.2) is 4.79 Å². The summed E-state index contributed by atoms with van der Waals surface area (Å²) in [6.45, 7) is 0.300. The van der Waals surface area contributed by atoms with E-state index in [4.69, 9.17) is 5.26 Å². The molecule has 1 rings (SSSR count). The number of ether oxygens (including phenoxy) is 1. The highest BCUT2D eigenvalue weighted by atomic mass is 16.5. The van der Waals surface area contributed by atoms with Gasteiger partial charge in [-0.1, -0.05) is 35.6 Å². The molecule has 3 heteroatoms. The van der Waals surface area contributed by atoms with E-state index in [1.807, 2.05) is 30.3 Å². The second-order valence-electron chi connectivity index (χ2n) is 2.50. The fourth-order valence-corrected chi connectivity index (χ4v) is 0.942. The molecule has 0 aliphatic heterocycles. The molecule has 13 heavy (non-hydrogen) atoms. The van der Waals surface area contributed by atoms with Crippen LogP contribution in [-0.2, 0) is 16.0 Å². The highest BCUT2D eigenvalue weighted by Crippen LogP contribution is 1.99. The van der Waals surface area contributed by atoms with Crippen molar-refractivity contribution in [2.24, 2.45) is 0 Å². The zero-order valence-corrected chi connectivity index (χ0v) is 7.12. The largest absolute Gasteiger partial charge is 0.459 e. The standard InChI is InChI=1S/C10H9NO2/c11-8-10(12)13-7-6-9-4-2-1-3-5-9/h1-5H,6-7H2/p+1. The van der Waals surface area contributed by atoms with Crippen molar-refractivity contribution in [1.82, 2.24) is 0 Å². The van der Waals surface area contributed by atoms with Gasteiger partial charge in [0.05, 0.1) is 6.61 Å². The average molecular weight is 176 g/mol. The Morgan fingerprint density at radius 2 is 2.08 bits per heavy atom. The van der Waals surface area contributed by atoms with Gasteiger partial charge >= 0.3 is 12.0 Å². The van der Waals surface area contributed by atoms with E-state index in [1.165, 1.54) is 0 Å². The number of hydrogen-bond donors (Lipinski definition) is 1. The molecule has 0 fully saturated rings. The fourth-order valence-electron chi connectivity index (χ4n) is 0.942. The third-order valence-electron chi connectivity index (χ3n) is 1.57. The highest BCUT2D eigenvalue weighted by Gasteiger charge is 2.02. The average Bonchev–Trinajstić information content (AvgIpc) is 2.19. The summed E-state index contributed by atoms with van der Waals surface area (Å²) in [4.78, 5) is 10.5. The lowest BCUT2D eigenvalue weighted by molar-refractivity contribution is -0.148. The van der Waals surface area contributed by atoms with Gasteiger partial charge in [0.1, 0.15) is 0 Å². The highest BCUT2D eigenvalue weighted by molar-refractivity contribution is 5.85. The third-order valence-corrected chi connectivity index (χ3v) is 1.57. The minimum Gasteiger partial charge on any atom is -0.451 e. The summed E-state index contributed by atoms with van der Waals surface area (Å²) in [5.41, 5.74) is 1.11. The van der Waals surface area contributed by atoms with Crippen LogP contribution in [0.15, 0.2) is 30.3 Å². The Labute approximate surface area is 76.6 Å². The second-order valence-corrected chi connectivity index (χ2v) is 2.50. The molecule has 0 saturated heterocycles. The van der Waals surface area contributed by atoms with Gasteiger partial charge < -0.3 is 4.74 Å². The van der Waals surface area contributed by atoms with Crippen LogP contribution in [0.4, 0.5) is 0 Å². The van der Waals surface area contributed by atoms with Crippen LogP contribution in [0.3, 0.4) is 0 Å². The van der Waals surface area contributed by atoms with E-state index in [0.717, 1.165) is 5.56 Å². The number of carbonyl (C=O) groups excluding carboxylic acids is 1. The maximum Gasteiger partial charge on any atom is 0.459 e. The van der Waals surface area contributed by atoms with Crippen LogP contribution < -0.4 is 5.26 Å². The van der Waals surface area contributed by atoms with Gasteiger partial charge in [0.2, 0.25) is 0 Å². The van der Waals surface area contributed by atoms with Gasteiger partial charge in [0.15, 0.2) is 0 Å². The van der Waals surface area contributed by atoms with Gasteiger partial charge in [-0.15, -0.1) is 0 Å². The molecular formula is C10H10NO2+. The number of nitrogens with one attached hydrogen (secondary N) is 1. The Hall–Kier alpha value is -1.82. The van der Waals surface area contributed by atoms with Crippen molar-refractivity contribution in [3.05, 3.63) is 35.9 Å². The summed E-state index contributed by atoms with van der Waals surface area (Å²) < 4.78 is 4.66. The zero-order chi connectivity index (χ0) is 9.52. The van der Waals surface area contributed by atoms with E-state index in [0.29, 0.717) is 13.0 Å². The van der Waals surface area contributed by atoms with Gasteiger partial charge in [0, 0.05) is 6.42 Å². The summed E-state index contributed by atoms with van der Waals surface area (Å²) in [5, 5.41) is 6.47. The molecule has 0 heterocycles. The van der Waals surface area contributed by atoms with E-state index >= 15 is 0 Å². The number of hydrogen-bond acceptors (Lipinski definition) is 2. The molecule has 0 aromatic heterocycles. The van der Waals surface area contributed by atoms with Crippen molar-refractivity contribution in [3.63, 3.8) is 0 Å². The predicted octanol–water partition coefficient (Wildman–Crippen LogP) is -0.455. The molecule has 1 N–H and O–H groups in total. The number of carbonyl (C=O) groups is 1. The van der Waals surface area contributed by atoms with Crippen molar-refractivity contribution in [2.75, 3.05) is 6.61 Å². The number of benzene rings is 1. The summed E-state index contributed by atoms with van der Waals surface area (Å²) in [6, 6.07) is 11.4. The lowest BCUT2D eigenvalue weighted by atomic mass is 10.2. The topological polar surface area (TPSA) is 50.1 Å². The summed E-state index contributed by atoms with van der Waals surface area (Å²) in [6.07, 6.45) is 0.675. The fraction of sp³-hybridized carbons (Fsp3) is 0.200. The first kappa shape index (κ1) is 9.27. The van der Waals surface area contributed by atoms with Gasteiger partial charge in [-0.2, -0.15) is 0 Å². The molecule has 0 atom stereocenters. The van der Waals surface area contributed by atoms with Crippen molar-refractivity contribution in [2.45, 2.75) is 6.42 Å². The molecule has 66 valence electrons.